The fraction of sp³-hybridized carbons (Fsp3) is 0.241. The van der Waals surface area contributed by atoms with Crippen LogP contribution in [0.15, 0.2) is 78.9 Å². The summed E-state index contributed by atoms with van der Waals surface area (Å²) in [5.41, 5.74) is 1.13. The van der Waals surface area contributed by atoms with Crippen molar-refractivity contribution in [3.8, 4) is 17.0 Å². The summed E-state index contributed by atoms with van der Waals surface area (Å²) in [6.45, 7) is 4.49. The number of amides is 1. The molecule has 1 saturated heterocycles. The maximum atomic E-state index is 13.2. The van der Waals surface area contributed by atoms with E-state index in [0.717, 1.165) is 12.1 Å². The second-order valence-electron chi connectivity index (χ2n) is 9.39. The van der Waals surface area contributed by atoms with Crippen LogP contribution >= 0.6 is 0 Å². The monoisotopic (exact) mass is 522 g/mol. The number of pyridine rings is 1. The van der Waals surface area contributed by atoms with Gasteiger partial charge in [-0.05, 0) is 62.4 Å². The van der Waals surface area contributed by atoms with Crippen LogP contribution in [0.1, 0.15) is 29.8 Å². The molecule has 0 spiro atoms. The molecule has 0 aliphatic carbocycles. The summed E-state index contributed by atoms with van der Waals surface area (Å²) in [6, 6.07) is 20.4. The molecule has 1 fully saturated rings. The van der Waals surface area contributed by atoms with E-state index >= 15 is 0 Å². The summed E-state index contributed by atoms with van der Waals surface area (Å²) in [5.74, 6) is -0.391. The minimum atomic E-state index is -4.46. The van der Waals surface area contributed by atoms with Gasteiger partial charge in [0.1, 0.15) is 18.5 Å². The number of hydrogen-bond acceptors (Lipinski definition) is 5. The van der Waals surface area contributed by atoms with E-state index in [-0.39, 0.29) is 6.10 Å². The topological polar surface area (TPSA) is 69.7 Å². The van der Waals surface area contributed by atoms with E-state index in [1.807, 2.05) is 13.8 Å². The Kier molecular flexibility index (Phi) is 6.81. The number of anilines is 1. The molecular formula is C29H25F3N2O4. The average molecular weight is 523 g/mol. The van der Waals surface area contributed by atoms with Crippen molar-refractivity contribution in [2.24, 2.45) is 0 Å². The van der Waals surface area contributed by atoms with Crippen LogP contribution in [0.2, 0.25) is 0 Å². The van der Waals surface area contributed by atoms with Crippen LogP contribution in [0.25, 0.3) is 22.2 Å². The Balaban J connectivity index is 1.32. The first-order valence-electron chi connectivity index (χ1n) is 12.0. The van der Waals surface area contributed by atoms with E-state index in [2.05, 4.69) is 10.3 Å². The molecule has 5 rings (SSSR count). The zero-order valence-corrected chi connectivity index (χ0v) is 20.7. The Morgan fingerprint density at radius 3 is 2.53 bits per heavy atom. The van der Waals surface area contributed by atoms with Gasteiger partial charge in [-0.2, -0.15) is 13.2 Å². The molecule has 38 heavy (non-hydrogen) atoms. The van der Waals surface area contributed by atoms with Gasteiger partial charge < -0.3 is 19.5 Å². The number of alkyl halides is 3. The standard InChI is InChI=1S/C29H25F3N2O4/c1-28(2)37-17-23(38-28)16-36-22-12-10-21(11-13-22)33-27(35)24-8-4-5-18-9-14-25(34-26(18)24)19-6-3-7-20(15-19)29(30,31)32/h3-15,23H,16-17H2,1-2H3,(H,33,35). The van der Waals surface area contributed by atoms with Crippen molar-refractivity contribution in [1.29, 1.82) is 0 Å². The Bertz CT molecular complexity index is 1470. The highest BCUT2D eigenvalue weighted by Crippen LogP contribution is 2.32. The van der Waals surface area contributed by atoms with Crippen LogP contribution < -0.4 is 10.1 Å². The minimum Gasteiger partial charge on any atom is -0.491 e. The fourth-order valence-electron chi connectivity index (χ4n) is 4.21. The molecule has 1 aliphatic rings. The van der Waals surface area contributed by atoms with Gasteiger partial charge in [0.05, 0.1) is 28.9 Å². The number of halogens is 3. The number of nitrogens with zero attached hydrogens (tertiary/aromatic N) is 1. The Morgan fingerprint density at radius 1 is 1.05 bits per heavy atom. The number of carbonyl (C=O) groups is 1. The molecule has 196 valence electrons. The summed E-state index contributed by atoms with van der Waals surface area (Å²) < 4.78 is 56.6. The van der Waals surface area contributed by atoms with Gasteiger partial charge in [-0.15, -0.1) is 0 Å². The van der Waals surface area contributed by atoms with Crippen molar-refractivity contribution in [2.75, 3.05) is 18.5 Å². The number of ether oxygens (including phenoxy) is 3. The van der Waals surface area contributed by atoms with Gasteiger partial charge in [-0.1, -0.05) is 30.3 Å². The molecule has 1 N–H and O–H groups in total. The smallest absolute Gasteiger partial charge is 0.416 e. The summed E-state index contributed by atoms with van der Waals surface area (Å²) in [6.07, 6.45) is -4.63. The van der Waals surface area contributed by atoms with Crippen molar-refractivity contribution >= 4 is 22.5 Å². The number of benzene rings is 3. The third-order valence-electron chi connectivity index (χ3n) is 6.07. The summed E-state index contributed by atoms with van der Waals surface area (Å²) in [4.78, 5) is 17.7. The predicted octanol–water partition coefficient (Wildman–Crippen LogP) is 6.70. The molecule has 2 heterocycles. The van der Waals surface area contributed by atoms with E-state index in [1.54, 1.807) is 60.7 Å². The summed E-state index contributed by atoms with van der Waals surface area (Å²) in [7, 11) is 0. The van der Waals surface area contributed by atoms with Crippen molar-refractivity contribution in [3.05, 3.63) is 90.0 Å². The number of para-hydroxylation sites is 1. The molecule has 0 bridgehead atoms. The first-order chi connectivity index (χ1) is 18.1. The molecule has 1 aromatic heterocycles. The predicted molar refractivity (Wildman–Crippen MR) is 137 cm³/mol. The average Bonchev–Trinajstić information content (AvgIpc) is 3.25. The molecule has 1 atom stereocenters. The summed E-state index contributed by atoms with van der Waals surface area (Å²) >= 11 is 0. The van der Waals surface area contributed by atoms with Gasteiger partial charge in [0, 0.05) is 16.6 Å². The van der Waals surface area contributed by atoms with E-state index in [0.29, 0.717) is 52.4 Å². The number of nitrogens with one attached hydrogen (secondary N) is 1. The van der Waals surface area contributed by atoms with Gasteiger partial charge in [0.25, 0.3) is 5.91 Å². The van der Waals surface area contributed by atoms with Crippen LogP contribution in [0.4, 0.5) is 18.9 Å². The summed E-state index contributed by atoms with van der Waals surface area (Å²) in [5, 5.41) is 3.54. The van der Waals surface area contributed by atoms with Crippen LogP contribution in [0.3, 0.4) is 0 Å². The Labute approximate surface area is 217 Å². The van der Waals surface area contributed by atoms with Gasteiger partial charge in [0.2, 0.25) is 0 Å². The van der Waals surface area contributed by atoms with Crippen molar-refractivity contribution in [2.45, 2.75) is 31.9 Å². The second-order valence-corrected chi connectivity index (χ2v) is 9.39. The highest BCUT2D eigenvalue weighted by Gasteiger charge is 2.33. The zero-order chi connectivity index (χ0) is 26.9. The molecule has 0 radical (unpaired) electrons. The van der Waals surface area contributed by atoms with Crippen molar-refractivity contribution < 1.29 is 32.2 Å². The molecule has 1 aliphatic heterocycles. The number of carbonyl (C=O) groups excluding carboxylic acids is 1. The first-order valence-corrected chi connectivity index (χ1v) is 12.0. The number of fused-ring (bicyclic) bond motifs is 1. The van der Waals surface area contributed by atoms with E-state index in [1.165, 1.54) is 6.07 Å². The lowest BCUT2D eigenvalue weighted by atomic mass is 10.0. The number of hydrogen-bond donors (Lipinski definition) is 1. The normalized spacial score (nSPS) is 16.9. The largest absolute Gasteiger partial charge is 0.491 e. The number of aromatic nitrogens is 1. The van der Waals surface area contributed by atoms with Crippen LogP contribution in [0, 0.1) is 0 Å². The lowest BCUT2D eigenvalue weighted by Gasteiger charge is -2.17. The molecule has 9 heteroatoms. The molecule has 1 unspecified atom stereocenters. The Morgan fingerprint density at radius 2 is 1.82 bits per heavy atom. The van der Waals surface area contributed by atoms with Gasteiger partial charge in [-0.25, -0.2) is 4.98 Å². The SMILES string of the molecule is CC1(C)OCC(COc2ccc(NC(=O)c3cccc4ccc(-c5cccc(C(F)(F)F)c5)nc34)cc2)O1. The molecule has 0 saturated carbocycles. The van der Waals surface area contributed by atoms with Gasteiger partial charge >= 0.3 is 6.18 Å². The maximum Gasteiger partial charge on any atom is 0.416 e. The highest BCUT2D eigenvalue weighted by molar-refractivity contribution is 6.12. The maximum absolute atomic E-state index is 13.2. The first kappa shape index (κ1) is 25.7. The van der Waals surface area contributed by atoms with Gasteiger partial charge in [0.15, 0.2) is 5.79 Å². The van der Waals surface area contributed by atoms with E-state index in [9.17, 15) is 18.0 Å². The van der Waals surface area contributed by atoms with E-state index < -0.39 is 23.4 Å². The van der Waals surface area contributed by atoms with E-state index in [4.69, 9.17) is 14.2 Å². The lowest BCUT2D eigenvalue weighted by Crippen LogP contribution is -2.25. The third-order valence-corrected chi connectivity index (χ3v) is 6.07. The molecule has 6 nitrogen and oxygen atoms in total. The molecule has 3 aromatic carbocycles. The van der Waals surface area contributed by atoms with Crippen molar-refractivity contribution in [3.63, 3.8) is 0 Å². The van der Waals surface area contributed by atoms with Crippen LogP contribution in [-0.2, 0) is 15.7 Å². The second kappa shape index (κ2) is 10.1. The van der Waals surface area contributed by atoms with Crippen LogP contribution in [-0.4, -0.2) is 36.0 Å². The van der Waals surface area contributed by atoms with Crippen molar-refractivity contribution in [1.82, 2.24) is 4.98 Å². The number of rotatable bonds is 6. The third kappa shape index (κ3) is 5.79. The zero-order valence-electron chi connectivity index (χ0n) is 20.7. The van der Waals surface area contributed by atoms with Gasteiger partial charge in [-0.3, -0.25) is 4.79 Å². The van der Waals surface area contributed by atoms with Crippen LogP contribution in [0.5, 0.6) is 5.75 Å². The minimum absolute atomic E-state index is 0.163. The molecular weight excluding hydrogens is 497 g/mol. The Hall–Kier alpha value is -3.95. The quantitative estimate of drug-likeness (QED) is 0.305. The highest BCUT2D eigenvalue weighted by atomic mass is 19.4. The molecule has 4 aromatic rings. The molecule has 1 amide bonds. The lowest BCUT2D eigenvalue weighted by molar-refractivity contribution is -0.141. The fourth-order valence-corrected chi connectivity index (χ4v) is 4.21.